The lowest BCUT2D eigenvalue weighted by molar-refractivity contribution is 1.46. The zero-order valence-electron chi connectivity index (χ0n) is 11.1. The SMILES string of the molecule is N#CC(C#N)=C(C=Cc1ccc(Br)cc1)c1ccccc1. The summed E-state index contributed by atoms with van der Waals surface area (Å²) in [4.78, 5) is 0. The molecule has 0 saturated carbocycles. The number of nitriles is 2. The lowest BCUT2D eigenvalue weighted by Gasteiger charge is -2.02. The second-order valence-electron chi connectivity index (χ2n) is 4.26. The highest BCUT2D eigenvalue weighted by atomic mass is 79.9. The molecule has 0 heterocycles. The molecule has 0 aromatic heterocycles. The monoisotopic (exact) mass is 334 g/mol. The molecule has 21 heavy (non-hydrogen) atoms. The van der Waals surface area contributed by atoms with E-state index in [0.29, 0.717) is 5.57 Å². The summed E-state index contributed by atoms with van der Waals surface area (Å²) in [5, 5.41) is 18.2. The Balaban J connectivity index is 2.44. The van der Waals surface area contributed by atoms with Crippen molar-refractivity contribution in [3.63, 3.8) is 0 Å². The van der Waals surface area contributed by atoms with Gasteiger partial charge in [0.2, 0.25) is 0 Å². The van der Waals surface area contributed by atoms with Crippen molar-refractivity contribution in [1.82, 2.24) is 0 Å². The molecular weight excluding hydrogens is 324 g/mol. The van der Waals surface area contributed by atoms with Crippen molar-refractivity contribution in [2.24, 2.45) is 0 Å². The first-order chi connectivity index (χ1) is 10.2. The van der Waals surface area contributed by atoms with Crippen LogP contribution in [0.4, 0.5) is 0 Å². The Morgan fingerprint density at radius 3 is 2.10 bits per heavy atom. The van der Waals surface area contributed by atoms with Crippen LogP contribution in [0.5, 0.6) is 0 Å². The van der Waals surface area contributed by atoms with Crippen molar-refractivity contribution in [2.45, 2.75) is 0 Å². The highest BCUT2D eigenvalue weighted by Gasteiger charge is 2.05. The molecule has 0 aliphatic heterocycles. The minimum atomic E-state index is 0.106. The maximum atomic E-state index is 9.12. The van der Waals surface area contributed by atoms with Gasteiger partial charge in [-0.15, -0.1) is 0 Å². The number of rotatable bonds is 3. The summed E-state index contributed by atoms with van der Waals surface area (Å²) in [6.07, 6.45) is 3.70. The smallest absolute Gasteiger partial charge is 0.137 e. The standard InChI is InChI=1S/C18H11BrN2/c19-17-9-6-14(7-10-17)8-11-18(16(12-20)13-21)15-4-2-1-3-5-15/h1-11H. The lowest BCUT2D eigenvalue weighted by atomic mass is 10.00. The molecule has 2 aromatic carbocycles. The molecule has 0 spiro atoms. The van der Waals surface area contributed by atoms with Gasteiger partial charge < -0.3 is 0 Å². The maximum absolute atomic E-state index is 9.12. The van der Waals surface area contributed by atoms with Crippen molar-refractivity contribution in [1.29, 1.82) is 10.5 Å². The number of hydrogen-bond acceptors (Lipinski definition) is 2. The van der Waals surface area contributed by atoms with E-state index in [-0.39, 0.29) is 5.57 Å². The highest BCUT2D eigenvalue weighted by Crippen LogP contribution is 2.21. The Morgan fingerprint density at radius 2 is 1.52 bits per heavy atom. The maximum Gasteiger partial charge on any atom is 0.137 e. The van der Waals surface area contributed by atoms with E-state index in [1.807, 2.05) is 72.8 Å². The Hall–Kier alpha value is -2.62. The van der Waals surface area contributed by atoms with E-state index in [9.17, 15) is 0 Å². The van der Waals surface area contributed by atoms with E-state index in [0.717, 1.165) is 15.6 Å². The quantitative estimate of drug-likeness (QED) is 0.588. The third kappa shape index (κ3) is 3.92. The average molecular weight is 335 g/mol. The number of nitrogens with zero attached hydrogens (tertiary/aromatic N) is 2. The van der Waals surface area contributed by atoms with Gasteiger partial charge in [-0.1, -0.05) is 70.5 Å². The van der Waals surface area contributed by atoms with Gasteiger partial charge in [0.25, 0.3) is 0 Å². The fourth-order valence-electron chi connectivity index (χ4n) is 1.84. The molecule has 0 fully saturated rings. The molecule has 2 rings (SSSR count). The van der Waals surface area contributed by atoms with Crippen LogP contribution in [-0.4, -0.2) is 0 Å². The van der Waals surface area contributed by atoms with Crippen LogP contribution in [-0.2, 0) is 0 Å². The summed E-state index contributed by atoms with van der Waals surface area (Å²) < 4.78 is 1.01. The van der Waals surface area contributed by atoms with Crippen LogP contribution in [0, 0.1) is 22.7 Å². The lowest BCUT2D eigenvalue weighted by Crippen LogP contribution is -1.86. The summed E-state index contributed by atoms with van der Waals surface area (Å²) >= 11 is 3.39. The molecule has 0 saturated heterocycles. The molecule has 3 heteroatoms. The zero-order chi connectivity index (χ0) is 15.1. The van der Waals surface area contributed by atoms with Gasteiger partial charge in [0, 0.05) is 10.0 Å². The molecule has 0 unspecified atom stereocenters. The third-order valence-corrected chi connectivity index (χ3v) is 3.42. The number of hydrogen-bond donors (Lipinski definition) is 0. The molecule has 0 amide bonds. The molecule has 2 nitrogen and oxygen atoms in total. The van der Waals surface area contributed by atoms with E-state index >= 15 is 0 Å². The Kier molecular flexibility index (Phi) is 5.10. The first-order valence-electron chi connectivity index (χ1n) is 6.28. The predicted molar refractivity (Wildman–Crippen MR) is 87.8 cm³/mol. The second-order valence-corrected chi connectivity index (χ2v) is 5.18. The highest BCUT2D eigenvalue weighted by molar-refractivity contribution is 9.10. The molecule has 100 valence electrons. The van der Waals surface area contributed by atoms with Gasteiger partial charge >= 0.3 is 0 Å². The van der Waals surface area contributed by atoms with Crippen LogP contribution in [0.15, 0.2) is 70.7 Å². The van der Waals surface area contributed by atoms with Crippen molar-refractivity contribution in [2.75, 3.05) is 0 Å². The van der Waals surface area contributed by atoms with Gasteiger partial charge in [-0.25, -0.2) is 0 Å². The summed E-state index contributed by atoms with van der Waals surface area (Å²) in [5.74, 6) is 0. The first-order valence-corrected chi connectivity index (χ1v) is 7.07. The van der Waals surface area contributed by atoms with Gasteiger partial charge in [0.1, 0.15) is 17.7 Å². The van der Waals surface area contributed by atoms with Crippen molar-refractivity contribution >= 4 is 27.6 Å². The van der Waals surface area contributed by atoms with Gasteiger partial charge in [0.05, 0.1) is 0 Å². The van der Waals surface area contributed by atoms with E-state index in [1.165, 1.54) is 0 Å². The fraction of sp³-hybridized carbons (Fsp3) is 0. The Morgan fingerprint density at radius 1 is 0.905 bits per heavy atom. The van der Waals surface area contributed by atoms with Crippen LogP contribution in [0.3, 0.4) is 0 Å². The number of benzene rings is 2. The minimum absolute atomic E-state index is 0.106. The topological polar surface area (TPSA) is 47.6 Å². The fourth-order valence-corrected chi connectivity index (χ4v) is 2.10. The predicted octanol–water partition coefficient (Wildman–Crippen LogP) is 4.96. The molecule has 0 radical (unpaired) electrons. The van der Waals surface area contributed by atoms with E-state index < -0.39 is 0 Å². The largest absolute Gasteiger partial charge is 0.192 e. The van der Waals surface area contributed by atoms with Crippen molar-refractivity contribution in [3.05, 3.63) is 81.8 Å². The molecule has 2 aromatic rings. The van der Waals surface area contributed by atoms with Crippen LogP contribution in [0.25, 0.3) is 11.6 Å². The van der Waals surface area contributed by atoms with Crippen molar-refractivity contribution < 1.29 is 0 Å². The molecular formula is C18H11BrN2. The normalized spacial score (nSPS) is 9.86. The van der Waals surface area contributed by atoms with Gasteiger partial charge in [-0.2, -0.15) is 10.5 Å². The Bertz CT molecular complexity index is 742. The number of halogens is 1. The minimum Gasteiger partial charge on any atom is -0.192 e. The molecule has 0 N–H and O–H groups in total. The van der Waals surface area contributed by atoms with Crippen LogP contribution < -0.4 is 0 Å². The average Bonchev–Trinajstić information content (AvgIpc) is 2.54. The summed E-state index contributed by atoms with van der Waals surface area (Å²) in [6.45, 7) is 0. The molecule has 0 bridgehead atoms. The second kappa shape index (κ2) is 7.24. The van der Waals surface area contributed by atoms with E-state index in [1.54, 1.807) is 6.08 Å². The summed E-state index contributed by atoms with van der Waals surface area (Å²) in [6, 6.07) is 21.2. The van der Waals surface area contributed by atoms with Gasteiger partial charge in [-0.3, -0.25) is 0 Å². The molecule has 0 aliphatic carbocycles. The van der Waals surface area contributed by atoms with Crippen molar-refractivity contribution in [3.8, 4) is 12.1 Å². The molecule has 0 aliphatic rings. The molecule has 0 atom stereocenters. The third-order valence-electron chi connectivity index (χ3n) is 2.89. The van der Waals surface area contributed by atoms with E-state index in [2.05, 4.69) is 15.9 Å². The summed E-state index contributed by atoms with van der Waals surface area (Å²) in [5.41, 5.74) is 2.59. The van der Waals surface area contributed by atoms with Gasteiger partial charge in [0.15, 0.2) is 0 Å². The summed E-state index contributed by atoms with van der Waals surface area (Å²) in [7, 11) is 0. The first kappa shape index (κ1) is 14.8. The van der Waals surface area contributed by atoms with Gasteiger partial charge in [-0.05, 0) is 23.3 Å². The van der Waals surface area contributed by atoms with Crippen LogP contribution in [0.1, 0.15) is 11.1 Å². The van der Waals surface area contributed by atoms with E-state index in [4.69, 9.17) is 10.5 Å². The number of allylic oxidation sites excluding steroid dienone is 3. The zero-order valence-corrected chi connectivity index (χ0v) is 12.7. The Labute approximate surface area is 132 Å². The van der Waals surface area contributed by atoms with Crippen LogP contribution in [0.2, 0.25) is 0 Å². The van der Waals surface area contributed by atoms with Crippen LogP contribution >= 0.6 is 15.9 Å².